The van der Waals surface area contributed by atoms with Gasteiger partial charge in [0.05, 0.1) is 0 Å². The van der Waals surface area contributed by atoms with E-state index in [9.17, 15) is 5.11 Å². The van der Waals surface area contributed by atoms with Crippen LogP contribution in [0.5, 0.6) is 0 Å². The molecule has 0 aromatic heterocycles. The second-order valence-corrected chi connectivity index (χ2v) is 6.47. The number of anilines is 1. The van der Waals surface area contributed by atoms with Crippen LogP contribution in [-0.2, 0) is 0 Å². The third-order valence-electron chi connectivity index (χ3n) is 3.81. The maximum Gasteiger partial charge on any atom is 0.0446 e. The molecule has 1 aromatic carbocycles. The predicted octanol–water partition coefficient (Wildman–Crippen LogP) is 2.18. The minimum absolute atomic E-state index is 0.245. The van der Waals surface area contributed by atoms with Crippen molar-refractivity contribution in [1.82, 2.24) is 5.32 Å². The Bertz CT molecular complexity index is 400. The molecule has 1 heterocycles. The summed E-state index contributed by atoms with van der Waals surface area (Å²) in [6, 6.07) is 9.11. The number of aliphatic hydroxyl groups excluding tert-OH is 1. The van der Waals surface area contributed by atoms with Crippen LogP contribution < -0.4 is 10.2 Å². The van der Waals surface area contributed by atoms with E-state index in [0.29, 0.717) is 6.04 Å². The number of hydrogen-bond donors (Lipinski definition) is 2. The molecule has 1 saturated heterocycles. The molecular formula is C16H26N2O. The first-order valence-electron chi connectivity index (χ1n) is 7.16. The van der Waals surface area contributed by atoms with E-state index >= 15 is 0 Å². The monoisotopic (exact) mass is 262 g/mol. The van der Waals surface area contributed by atoms with E-state index in [2.05, 4.69) is 55.3 Å². The van der Waals surface area contributed by atoms with Gasteiger partial charge in [-0.2, -0.15) is 0 Å². The van der Waals surface area contributed by atoms with Gasteiger partial charge in [0.25, 0.3) is 0 Å². The van der Waals surface area contributed by atoms with E-state index in [1.54, 1.807) is 0 Å². The number of hydrogen-bond acceptors (Lipinski definition) is 3. The van der Waals surface area contributed by atoms with Crippen LogP contribution in [0.3, 0.4) is 0 Å². The molecule has 1 aliphatic rings. The van der Waals surface area contributed by atoms with E-state index in [1.165, 1.54) is 11.3 Å². The first-order chi connectivity index (χ1) is 9.00. The molecule has 106 valence electrons. The van der Waals surface area contributed by atoms with Crippen LogP contribution >= 0.6 is 0 Å². The molecule has 1 unspecified atom stereocenters. The van der Waals surface area contributed by atoms with E-state index in [4.69, 9.17) is 0 Å². The van der Waals surface area contributed by atoms with Crippen LogP contribution in [0.15, 0.2) is 24.3 Å². The molecule has 0 radical (unpaired) electrons. The van der Waals surface area contributed by atoms with Crippen molar-refractivity contribution in [3.8, 4) is 0 Å². The first-order valence-corrected chi connectivity index (χ1v) is 7.16. The molecule has 19 heavy (non-hydrogen) atoms. The van der Waals surface area contributed by atoms with Crippen molar-refractivity contribution >= 4 is 5.69 Å². The van der Waals surface area contributed by atoms with Gasteiger partial charge in [-0.05, 0) is 30.9 Å². The lowest BCUT2D eigenvalue weighted by Gasteiger charge is -2.31. The van der Waals surface area contributed by atoms with Crippen molar-refractivity contribution in [3.63, 3.8) is 0 Å². The van der Waals surface area contributed by atoms with Crippen LogP contribution in [0.1, 0.15) is 25.8 Å². The van der Waals surface area contributed by atoms with Gasteiger partial charge in [0.1, 0.15) is 0 Å². The van der Waals surface area contributed by atoms with Gasteiger partial charge in [0, 0.05) is 38.0 Å². The van der Waals surface area contributed by atoms with Gasteiger partial charge in [-0.1, -0.05) is 31.5 Å². The topological polar surface area (TPSA) is 35.5 Å². The van der Waals surface area contributed by atoms with Crippen molar-refractivity contribution in [2.75, 3.05) is 31.1 Å². The molecule has 0 amide bonds. The summed E-state index contributed by atoms with van der Waals surface area (Å²) in [5.41, 5.74) is 2.82. The van der Waals surface area contributed by atoms with E-state index in [0.717, 1.165) is 26.1 Å². The van der Waals surface area contributed by atoms with Gasteiger partial charge >= 0.3 is 0 Å². The Morgan fingerprint density at radius 3 is 2.63 bits per heavy atom. The summed E-state index contributed by atoms with van der Waals surface area (Å²) in [5, 5.41) is 12.8. The fourth-order valence-electron chi connectivity index (χ4n) is 2.69. The molecule has 1 aliphatic heterocycles. The molecule has 2 rings (SSSR count). The third-order valence-corrected chi connectivity index (χ3v) is 3.81. The van der Waals surface area contributed by atoms with Crippen molar-refractivity contribution in [2.24, 2.45) is 5.41 Å². The smallest absolute Gasteiger partial charge is 0.0446 e. The zero-order chi connectivity index (χ0) is 13.9. The Hall–Kier alpha value is -1.06. The lowest BCUT2D eigenvalue weighted by Crippen LogP contribution is -2.38. The lowest BCUT2D eigenvalue weighted by molar-refractivity contribution is 0.263. The summed E-state index contributed by atoms with van der Waals surface area (Å²) >= 11 is 0. The normalized spacial score (nSPS) is 23.2. The number of benzene rings is 1. The summed E-state index contributed by atoms with van der Waals surface area (Å²) in [6.45, 7) is 9.97. The number of nitrogens with one attached hydrogen (secondary N) is 1. The highest BCUT2D eigenvalue weighted by Gasteiger charge is 2.28. The van der Waals surface area contributed by atoms with E-state index in [-0.39, 0.29) is 12.0 Å². The Kier molecular flexibility index (Phi) is 4.48. The largest absolute Gasteiger partial charge is 0.396 e. The van der Waals surface area contributed by atoms with Gasteiger partial charge in [0.2, 0.25) is 0 Å². The maximum absolute atomic E-state index is 9.18. The lowest BCUT2D eigenvalue weighted by atomic mass is 9.93. The molecule has 0 spiro atoms. The summed E-state index contributed by atoms with van der Waals surface area (Å²) in [5.74, 6) is 0. The standard InChI is InChI=1S/C16H26N2O/c1-13-4-6-15(7-5-13)18-10-14(8-9-19)17-11-16(2,3)12-18/h4-7,14,17,19H,8-12H2,1-3H3. The summed E-state index contributed by atoms with van der Waals surface area (Å²) < 4.78 is 0. The molecule has 1 fully saturated rings. The van der Waals surface area contributed by atoms with Gasteiger partial charge in [-0.25, -0.2) is 0 Å². The molecule has 1 aromatic rings. The Balaban J connectivity index is 2.17. The molecule has 3 nitrogen and oxygen atoms in total. The van der Waals surface area contributed by atoms with E-state index < -0.39 is 0 Å². The number of aryl methyl sites for hydroxylation is 1. The summed E-state index contributed by atoms with van der Waals surface area (Å²) in [4.78, 5) is 2.44. The number of nitrogens with zero attached hydrogens (tertiary/aromatic N) is 1. The highest BCUT2D eigenvalue weighted by molar-refractivity contribution is 5.48. The molecule has 0 aliphatic carbocycles. The molecule has 0 saturated carbocycles. The van der Waals surface area contributed by atoms with Crippen LogP contribution in [0.25, 0.3) is 0 Å². The number of aliphatic hydroxyl groups is 1. The minimum atomic E-state index is 0.245. The van der Waals surface area contributed by atoms with Gasteiger partial charge in [0.15, 0.2) is 0 Å². The molecular weight excluding hydrogens is 236 g/mol. The molecule has 0 bridgehead atoms. The van der Waals surface area contributed by atoms with Crippen LogP contribution in [-0.4, -0.2) is 37.4 Å². The van der Waals surface area contributed by atoms with Crippen molar-refractivity contribution < 1.29 is 5.11 Å². The van der Waals surface area contributed by atoms with Crippen LogP contribution in [0.2, 0.25) is 0 Å². The molecule has 2 N–H and O–H groups in total. The second-order valence-electron chi connectivity index (χ2n) is 6.47. The minimum Gasteiger partial charge on any atom is -0.396 e. The van der Waals surface area contributed by atoms with Crippen molar-refractivity contribution in [2.45, 2.75) is 33.2 Å². The third kappa shape index (κ3) is 3.95. The van der Waals surface area contributed by atoms with Gasteiger partial charge in [-0.3, -0.25) is 0 Å². The van der Waals surface area contributed by atoms with Crippen LogP contribution in [0.4, 0.5) is 5.69 Å². The zero-order valence-corrected chi connectivity index (χ0v) is 12.3. The van der Waals surface area contributed by atoms with Gasteiger partial charge in [-0.15, -0.1) is 0 Å². The summed E-state index contributed by atoms with van der Waals surface area (Å²) in [6.07, 6.45) is 0.818. The Labute approximate surface area is 116 Å². The average Bonchev–Trinajstić information content (AvgIpc) is 2.50. The fourth-order valence-corrected chi connectivity index (χ4v) is 2.69. The SMILES string of the molecule is Cc1ccc(N2CC(CCO)NCC(C)(C)C2)cc1. The quantitative estimate of drug-likeness (QED) is 0.876. The van der Waals surface area contributed by atoms with Gasteiger partial charge < -0.3 is 15.3 Å². The predicted molar refractivity (Wildman–Crippen MR) is 80.7 cm³/mol. The van der Waals surface area contributed by atoms with E-state index in [1.807, 2.05) is 0 Å². The van der Waals surface area contributed by atoms with Crippen LogP contribution in [0, 0.1) is 12.3 Å². The molecule has 1 atom stereocenters. The number of rotatable bonds is 3. The van der Waals surface area contributed by atoms with Crippen molar-refractivity contribution in [1.29, 1.82) is 0 Å². The second kappa shape index (κ2) is 5.93. The fraction of sp³-hybridized carbons (Fsp3) is 0.625. The zero-order valence-electron chi connectivity index (χ0n) is 12.3. The Morgan fingerprint density at radius 2 is 2.00 bits per heavy atom. The highest BCUT2D eigenvalue weighted by Crippen LogP contribution is 2.25. The first kappa shape index (κ1) is 14.4. The summed E-state index contributed by atoms with van der Waals surface area (Å²) in [7, 11) is 0. The molecule has 3 heteroatoms. The highest BCUT2D eigenvalue weighted by atomic mass is 16.3. The maximum atomic E-state index is 9.18. The average molecular weight is 262 g/mol. The van der Waals surface area contributed by atoms with Crippen molar-refractivity contribution in [3.05, 3.63) is 29.8 Å². The Morgan fingerprint density at radius 1 is 1.32 bits per heavy atom.